The SMILES string of the molecule is CCCCc1c[nH]c(C)n1.I. The van der Waals surface area contributed by atoms with Gasteiger partial charge in [-0.15, -0.1) is 24.0 Å². The molecule has 1 aromatic heterocycles. The molecular weight excluding hydrogens is 251 g/mol. The van der Waals surface area contributed by atoms with Crippen LogP contribution >= 0.6 is 24.0 Å². The van der Waals surface area contributed by atoms with Crippen molar-refractivity contribution in [2.45, 2.75) is 33.1 Å². The minimum atomic E-state index is 0. The third-order valence-corrected chi connectivity index (χ3v) is 1.55. The molecule has 0 fully saturated rings. The summed E-state index contributed by atoms with van der Waals surface area (Å²) >= 11 is 0. The number of H-pyrrole nitrogens is 1. The molecule has 3 heteroatoms. The summed E-state index contributed by atoms with van der Waals surface area (Å²) in [5.74, 6) is 1.02. The molecule has 64 valence electrons. The number of aromatic amines is 1. The largest absolute Gasteiger partial charge is 0.349 e. The first-order valence-electron chi connectivity index (χ1n) is 3.84. The number of unbranched alkanes of at least 4 members (excludes halogenated alkanes) is 1. The minimum absolute atomic E-state index is 0. The molecular formula is C8H15IN2. The van der Waals surface area contributed by atoms with E-state index in [4.69, 9.17) is 0 Å². The molecule has 0 aromatic carbocycles. The Labute approximate surface area is 84.8 Å². The van der Waals surface area contributed by atoms with Gasteiger partial charge in [0.2, 0.25) is 0 Å². The number of nitrogens with one attached hydrogen (secondary N) is 1. The van der Waals surface area contributed by atoms with Crippen molar-refractivity contribution in [2.75, 3.05) is 0 Å². The predicted molar refractivity (Wildman–Crippen MR) is 57.4 cm³/mol. The maximum absolute atomic E-state index is 4.29. The van der Waals surface area contributed by atoms with Gasteiger partial charge in [-0.25, -0.2) is 4.98 Å². The molecule has 1 rings (SSSR count). The van der Waals surface area contributed by atoms with Crippen molar-refractivity contribution in [3.8, 4) is 0 Å². The van der Waals surface area contributed by atoms with Crippen molar-refractivity contribution in [1.82, 2.24) is 9.97 Å². The van der Waals surface area contributed by atoms with Gasteiger partial charge >= 0.3 is 0 Å². The number of aromatic nitrogens is 2. The number of hydrogen-bond donors (Lipinski definition) is 1. The fourth-order valence-corrected chi connectivity index (χ4v) is 0.954. The second-order valence-corrected chi connectivity index (χ2v) is 2.58. The van der Waals surface area contributed by atoms with Gasteiger partial charge < -0.3 is 4.98 Å². The van der Waals surface area contributed by atoms with E-state index in [0.29, 0.717) is 0 Å². The number of halogens is 1. The molecule has 0 atom stereocenters. The summed E-state index contributed by atoms with van der Waals surface area (Å²) in [4.78, 5) is 7.36. The molecule has 0 unspecified atom stereocenters. The van der Waals surface area contributed by atoms with E-state index in [1.807, 2.05) is 13.1 Å². The molecule has 1 heterocycles. The highest BCUT2D eigenvalue weighted by Crippen LogP contribution is 2.01. The summed E-state index contributed by atoms with van der Waals surface area (Å²) in [5.41, 5.74) is 1.19. The van der Waals surface area contributed by atoms with Crippen LogP contribution in [-0.2, 0) is 6.42 Å². The van der Waals surface area contributed by atoms with Crippen LogP contribution in [-0.4, -0.2) is 9.97 Å². The van der Waals surface area contributed by atoms with Gasteiger partial charge in [-0.1, -0.05) is 13.3 Å². The van der Waals surface area contributed by atoms with Crippen LogP contribution in [0.15, 0.2) is 6.20 Å². The predicted octanol–water partition coefficient (Wildman–Crippen LogP) is 2.68. The third-order valence-electron chi connectivity index (χ3n) is 1.55. The topological polar surface area (TPSA) is 28.7 Å². The highest BCUT2D eigenvalue weighted by Gasteiger charge is 1.94. The number of rotatable bonds is 3. The van der Waals surface area contributed by atoms with E-state index in [1.165, 1.54) is 18.5 Å². The van der Waals surface area contributed by atoms with Crippen molar-refractivity contribution in [3.05, 3.63) is 17.7 Å². The zero-order chi connectivity index (χ0) is 7.40. The summed E-state index contributed by atoms with van der Waals surface area (Å²) < 4.78 is 0. The normalized spacial score (nSPS) is 9.27. The zero-order valence-electron chi connectivity index (χ0n) is 7.05. The molecule has 0 aliphatic heterocycles. The van der Waals surface area contributed by atoms with Crippen LogP contribution in [0.2, 0.25) is 0 Å². The lowest BCUT2D eigenvalue weighted by atomic mass is 10.2. The second-order valence-electron chi connectivity index (χ2n) is 2.58. The monoisotopic (exact) mass is 266 g/mol. The number of aryl methyl sites for hydroxylation is 2. The van der Waals surface area contributed by atoms with Gasteiger partial charge in [-0.05, 0) is 19.8 Å². The molecule has 1 N–H and O–H groups in total. The highest BCUT2D eigenvalue weighted by atomic mass is 127. The lowest BCUT2D eigenvalue weighted by Gasteiger charge is -1.89. The average molecular weight is 266 g/mol. The smallest absolute Gasteiger partial charge is 0.103 e. The summed E-state index contributed by atoms with van der Waals surface area (Å²) in [7, 11) is 0. The molecule has 0 amide bonds. The van der Waals surface area contributed by atoms with E-state index >= 15 is 0 Å². The van der Waals surface area contributed by atoms with Crippen LogP contribution in [0.4, 0.5) is 0 Å². The van der Waals surface area contributed by atoms with Crippen molar-refractivity contribution in [2.24, 2.45) is 0 Å². The number of imidazole rings is 1. The summed E-state index contributed by atoms with van der Waals surface area (Å²) in [6.45, 7) is 4.18. The van der Waals surface area contributed by atoms with E-state index in [1.54, 1.807) is 0 Å². The number of hydrogen-bond acceptors (Lipinski definition) is 1. The van der Waals surface area contributed by atoms with Crippen molar-refractivity contribution < 1.29 is 0 Å². The van der Waals surface area contributed by atoms with Crippen LogP contribution in [0, 0.1) is 6.92 Å². The van der Waals surface area contributed by atoms with E-state index < -0.39 is 0 Å². The Morgan fingerprint density at radius 1 is 1.55 bits per heavy atom. The lowest BCUT2D eigenvalue weighted by Crippen LogP contribution is -1.83. The van der Waals surface area contributed by atoms with Crippen molar-refractivity contribution >= 4 is 24.0 Å². The molecule has 0 spiro atoms. The molecule has 0 bridgehead atoms. The van der Waals surface area contributed by atoms with E-state index in [0.717, 1.165) is 12.2 Å². The van der Waals surface area contributed by atoms with E-state index in [-0.39, 0.29) is 24.0 Å². The van der Waals surface area contributed by atoms with Gasteiger partial charge in [0.25, 0.3) is 0 Å². The Morgan fingerprint density at radius 3 is 2.73 bits per heavy atom. The first-order chi connectivity index (χ1) is 4.83. The minimum Gasteiger partial charge on any atom is -0.349 e. The molecule has 2 nitrogen and oxygen atoms in total. The van der Waals surface area contributed by atoms with E-state index in [2.05, 4.69) is 16.9 Å². The second kappa shape index (κ2) is 5.57. The van der Waals surface area contributed by atoms with Crippen LogP contribution in [0.5, 0.6) is 0 Å². The van der Waals surface area contributed by atoms with Gasteiger partial charge in [0.05, 0.1) is 5.69 Å². The fourth-order valence-electron chi connectivity index (χ4n) is 0.954. The quantitative estimate of drug-likeness (QED) is 0.837. The maximum Gasteiger partial charge on any atom is 0.103 e. The van der Waals surface area contributed by atoms with Crippen molar-refractivity contribution in [1.29, 1.82) is 0 Å². The average Bonchev–Trinajstić information content (AvgIpc) is 2.31. The fraction of sp³-hybridized carbons (Fsp3) is 0.625. The Balaban J connectivity index is 0.000001000. The molecule has 0 saturated carbocycles. The zero-order valence-corrected chi connectivity index (χ0v) is 9.38. The highest BCUT2D eigenvalue weighted by molar-refractivity contribution is 14.0. The number of nitrogens with zero attached hydrogens (tertiary/aromatic N) is 1. The van der Waals surface area contributed by atoms with Crippen LogP contribution < -0.4 is 0 Å². The van der Waals surface area contributed by atoms with Gasteiger partial charge in [0.1, 0.15) is 5.82 Å². The molecule has 1 aromatic rings. The molecule has 0 aliphatic carbocycles. The first-order valence-corrected chi connectivity index (χ1v) is 3.84. The Kier molecular flexibility index (Phi) is 5.54. The Bertz CT molecular complexity index is 196. The molecule has 0 aliphatic rings. The maximum atomic E-state index is 4.29. The standard InChI is InChI=1S/C8H14N2.HI/c1-3-4-5-8-6-9-7(2)10-8;/h6H,3-5H2,1-2H3,(H,9,10);1H. The summed E-state index contributed by atoms with van der Waals surface area (Å²) in [5, 5.41) is 0. The Hall–Kier alpha value is -0.0600. The third kappa shape index (κ3) is 3.74. The van der Waals surface area contributed by atoms with Crippen LogP contribution in [0.25, 0.3) is 0 Å². The van der Waals surface area contributed by atoms with Crippen LogP contribution in [0.1, 0.15) is 31.3 Å². The molecule has 11 heavy (non-hydrogen) atoms. The Morgan fingerprint density at radius 2 is 2.27 bits per heavy atom. The van der Waals surface area contributed by atoms with Crippen LogP contribution in [0.3, 0.4) is 0 Å². The molecule has 0 radical (unpaired) electrons. The van der Waals surface area contributed by atoms with Crippen molar-refractivity contribution in [3.63, 3.8) is 0 Å². The van der Waals surface area contributed by atoms with Gasteiger partial charge in [-0.3, -0.25) is 0 Å². The molecule has 0 saturated heterocycles. The van der Waals surface area contributed by atoms with Gasteiger partial charge in [0.15, 0.2) is 0 Å². The summed E-state index contributed by atoms with van der Waals surface area (Å²) in [6, 6.07) is 0. The van der Waals surface area contributed by atoms with Gasteiger partial charge in [0, 0.05) is 6.20 Å². The summed E-state index contributed by atoms with van der Waals surface area (Å²) in [6.07, 6.45) is 5.59. The van der Waals surface area contributed by atoms with E-state index in [9.17, 15) is 0 Å². The van der Waals surface area contributed by atoms with Gasteiger partial charge in [-0.2, -0.15) is 0 Å². The lowest BCUT2D eigenvalue weighted by molar-refractivity contribution is 0.779. The first kappa shape index (κ1) is 10.9.